The van der Waals surface area contributed by atoms with Gasteiger partial charge in [-0.15, -0.1) is 0 Å². The van der Waals surface area contributed by atoms with Gasteiger partial charge in [0.1, 0.15) is 6.07 Å². The summed E-state index contributed by atoms with van der Waals surface area (Å²) in [6.45, 7) is 4.84. The van der Waals surface area contributed by atoms with E-state index in [0.717, 1.165) is 30.8 Å². The summed E-state index contributed by atoms with van der Waals surface area (Å²) in [5.41, 5.74) is 2.83. The third kappa shape index (κ3) is 1.99. The van der Waals surface area contributed by atoms with Gasteiger partial charge in [0.25, 0.3) is 0 Å². The number of nitrogens with zero attached hydrogens (tertiary/aromatic N) is 2. The standard InChI is InChI=1S/C11H14N4/c1-8-9(4-12)5-14-6-10(8)11-7-13-2-3-15-11/h5-6,11,13,15H,2-3,7H2,1H3/t11-/m1/s1. The van der Waals surface area contributed by atoms with Crippen molar-refractivity contribution in [1.82, 2.24) is 15.6 Å². The van der Waals surface area contributed by atoms with Crippen LogP contribution >= 0.6 is 0 Å². The second-order valence-electron chi connectivity index (χ2n) is 3.72. The number of nitrogens with one attached hydrogen (secondary N) is 2. The normalized spacial score (nSPS) is 20.9. The Balaban J connectivity index is 2.31. The smallest absolute Gasteiger partial charge is 0.101 e. The third-order valence-electron chi connectivity index (χ3n) is 2.79. The zero-order valence-electron chi connectivity index (χ0n) is 8.75. The first-order valence-electron chi connectivity index (χ1n) is 5.11. The Hall–Kier alpha value is -1.44. The molecule has 0 amide bonds. The van der Waals surface area contributed by atoms with Crippen LogP contribution in [0.3, 0.4) is 0 Å². The zero-order valence-corrected chi connectivity index (χ0v) is 8.75. The molecular formula is C11H14N4. The van der Waals surface area contributed by atoms with Crippen molar-refractivity contribution in [2.24, 2.45) is 0 Å². The molecule has 1 atom stereocenters. The highest BCUT2D eigenvalue weighted by atomic mass is 15.1. The van der Waals surface area contributed by atoms with E-state index in [1.165, 1.54) is 0 Å². The van der Waals surface area contributed by atoms with Gasteiger partial charge in [0.2, 0.25) is 0 Å². The predicted octanol–water partition coefficient (Wildman–Crippen LogP) is 0.496. The van der Waals surface area contributed by atoms with Crippen LogP contribution in [0, 0.1) is 18.3 Å². The van der Waals surface area contributed by atoms with Gasteiger partial charge in [-0.2, -0.15) is 5.26 Å². The Morgan fingerprint density at radius 3 is 3.00 bits per heavy atom. The number of nitriles is 1. The number of rotatable bonds is 1. The molecule has 2 rings (SSSR count). The van der Waals surface area contributed by atoms with E-state index in [-0.39, 0.29) is 6.04 Å². The molecule has 78 valence electrons. The van der Waals surface area contributed by atoms with Gasteiger partial charge in [0.05, 0.1) is 5.56 Å². The fourth-order valence-corrected chi connectivity index (χ4v) is 1.88. The van der Waals surface area contributed by atoms with Crippen LogP contribution in [0.25, 0.3) is 0 Å². The minimum atomic E-state index is 0.277. The number of hydrogen-bond acceptors (Lipinski definition) is 4. The summed E-state index contributed by atoms with van der Waals surface area (Å²) in [6, 6.07) is 2.44. The minimum absolute atomic E-state index is 0.277. The SMILES string of the molecule is Cc1c(C#N)cncc1[C@H]1CNCCN1. The van der Waals surface area contributed by atoms with Crippen molar-refractivity contribution in [3.05, 3.63) is 29.1 Å². The van der Waals surface area contributed by atoms with Crippen molar-refractivity contribution in [3.63, 3.8) is 0 Å². The van der Waals surface area contributed by atoms with E-state index < -0.39 is 0 Å². The average Bonchev–Trinajstić information content (AvgIpc) is 2.30. The first-order chi connectivity index (χ1) is 7.33. The van der Waals surface area contributed by atoms with Crippen molar-refractivity contribution in [2.45, 2.75) is 13.0 Å². The van der Waals surface area contributed by atoms with Crippen LogP contribution in [0.4, 0.5) is 0 Å². The molecule has 1 fully saturated rings. The summed E-state index contributed by atoms with van der Waals surface area (Å²) in [7, 11) is 0. The molecule has 15 heavy (non-hydrogen) atoms. The Morgan fingerprint density at radius 2 is 2.33 bits per heavy atom. The largest absolute Gasteiger partial charge is 0.314 e. The van der Waals surface area contributed by atoms with Crippen molar-refractivity contribution >= 4 is 0 Å². The average molecular weight is 202 g/mol. The van der Waals surface area contributed by atoms with Crippen molar-refractivity contribution in [3.8, 4) is 6.07 Å². The highest BCUT2D eigenvalue weighted by Gasteiger charge is 2.17. The maximum atomic E-state index is 8.92. The van der Waals surface area contributed by atoms with Crippen molar-refractivity contribution in [2.75, 3.05) is 19.6 Å². The van der Waals surface area contributed by atoms with Crippen LogP contribution in [0.2, 0.25) is 0 Å². The first kappa shape index (κ1) is 10.1. The Kier molecular flexibility index (Phi) is 2.95. The summed E-state index contributed by atoms with van der Waals surface area (Å²) in [6.07, 6.45) is 3.47. The molecule has 1 aliphatic rings. The molecule has 4 nitrogen and oxygen atoms in total. The highest BCUT2D eigenvalue weighted by Crippen LogP contribution is 2.19. The lowest BCUT2D eigenvalue weighted by Gasteiger charge is -2.26. The molecular weight excluding hydrogens is 188 g/mol. The Bertz CT molecular complexity index is 388. The van der Waals surface area contributed by atoms with Crippen LogP contribution < -0.4 is 10.6 Å². The molecule has 0 saturated carbocycles. The molecule has 1 aromatic rings. The lowest BCUT2D eigenvalue weighted by atomic mass is 9.99. The van der Waals surface area contributed by atoms with E-state index in [1.54, 1.807) is 6.20 Å². The van der Waals surface area contributed by atoms with Gasteiger partial charge in [0.15, 0.2) is 0 Å². The summed E-state index contributed by atoms with van der Waals surface area (Å²) < 4.78 is 0. The predicted molar refractivity (Wildman–Crippen MR) is 57.3 cm³/mol. The van der Waals surface area contributed by atoms with Gasteiger partial charge in [0, 0.05) is 38.1 Å². The molecule has 2 heterocycles. The molecule has 2 N–H and O–H groups in total. The molecule has 0 radical (unpaired) electrons. The monoisotopic (exact) mass is 202 g/mol. The minimum Gasteiger partial charge on any atom is -0.314 e. The fourth-order valence-electron chi connectivity index (χ4n) is 1.88. The topological polar surface area (TPSA) is 60.7 Å². The second-order valence-corrected chi connectivity index (χ2v) is 3.72. The molecule has 1 aliphatic heterocycles. The van der Waals surface area contributed by atoms with E-state index in [1.807, 2.05) is 13.1 Å². The highest BCUT2D eigenvalue weighted by molar-refractivity contribution is 5.40. The second kappa shape index (κ2) is 4.39. The van der Waals surface area contributed by atoms with E-state index >= 15 is 0 Å². The van der Waals surface area contributed by atoms with Crippen molar-refractivity contribution in [1.29, 1.82) is 5.26 Å². The lowest BCUT2D eigenvalue weighted by molar-refractivity contribution is 0.428. The van der Waals surface area contributed by atoms with E-state index in [4.69, 9.17) is 5.26 Å². The van der Waals surface area contributed by atoms with E-state index in [2.05, 4.69) is 21.7 Å². The fraction of sp³-hybridized carbons (Fsp3) is 0.455. The third-order valence-corrected chi connectivity index (χ3v) is 2.79. The molecule has 0 aliphatic carbocycles. The summed E-state index contributed by atoms with van der Waals surface area (Å²) >= 11 is 0. The van der Waals surface area contributed by atoms with Crippen LogP contribution in [0.1, 0.15) is 22.7 Å². The first-order valence-corrected chi connectivity index (χ1v) is 5.11. The Labute approximate surface area is 89.3 Å². The van der Waals surface area contributed by atoms with Gasteiger partial charge >= 0.3 is 0 Å². The molecule has 0 bridgehead atoms. The summed E-state index contributed by atoms with van der Waals surface area (Å²) in [4.78, 5) is 4.10. The zero-order chi connectivity index (χ0) is 10.7. The van der Waals surface area contributed by atoms with Crippen molar-refractivity contribution < 1.29 is 0 Å². The van der Waals surface area contributed by atoms with Gasteiger partial charge in [-0.05, 0) is 18.1 Å². The lowest BCUT2D eigenvalue weighted by Crippen LogP contribution is -2.43. The van der Waals surface area contributed by atoms with Crippen LogP contribution in [-0.2, 0) is 0 Å². The Morgan fingerprint density at radius 1 is 1.47 bits per heavy atom. The molecule has 1 saturated heterocycles. The summed E-state index contributed by atoms with van der Waals surface area (Å²) in [5, 5.41) is 15.7. The number of aromatic nitrogens is 1. The number of piperazine rings is 1. The number of pyridine rings is 1. The molecule has 0 unspecified atom stereocenters. The van der Waals surface area contributed by atoms with E-state index in [0.29, 0.717) is 5.56 Å². The number of hydrogen-bond donors (Lipinski definition) is 2. The van der Waals surface area contributed by atoms with Crippen LogP contribution in [0.5, 0.6) is 0 Å². The quantitative estimate of drug-likeness (QED) is 0.696. The van der Waals surface area contributed by atoms with Gasteiger partial charge in [-0.3, -0.25) is 4.98 Å². The van der Waals surface area contributed by atoms with E-state index in [9.17, 15) is 0 Å². The van der Waals surface area contributed by atoms with Gasteiger partial charge in [-0.25, -0.2) is 0 Å². The molecule has 0 spiro atoms. The van der Waals surface area contributed by atoms with Gasteiger partial charge < -0.3 is 10.6 Å². The summed E-state index contributed by atoms with van der Waals surface area (Å²) in [5.74, 6) is 0. The van der Waals surface area contributed by atoms with Crippen LogP contribution in [-0.4, -0.2) is 24.6 Å². The molecule has 4 heteroatoms. The molecule has 1 aromatic heterocycles. The molecule has 0 aromatic carbocycles. The maximum absolute atomic E-state index is 8.92. The van der Waals surface area contributed by atoms with Gasteiger partial charge in [-0.1, -0.05) is 0 Å². The van der Waals surface area contributed by atoms with Crippen LogP contribution in [0.15, 0.2) is 12.4 Å². The maximum Gasteiger partial charge on any atom is 0.101 e.